The summed E-state index contributed by atoms with van der Waals surface area (Å²) in [5.41, 5.74) is 0.865. The van der Waals surface area contributed by atoms with Gasteiger partial charge in [-0.2, -0.15) is 0 Å². The largest absolute Gasteiger partial charge is 0.443 e. The van der Waals surface area contributed by atoms with E-state index in [1.165, 1.54) is 4.90 Å². The lowest BCUT2D eigenvalue weighted by atomic mass is 10.1. The summed E-state index contributed by atoms with van der Waals surface area (Å²) >= 11 is 2.01. The molecule has 21 heavy (non-hydrogen) atoms. The summed E-state index contributed by atoms with van der Waals surface area (Å²) in [4.78, 5) is 26.2. The van der Waals surface area contributed by atoms with Crippen molar-refractivity contribution in [2.24, 2.45) is 0 Å². The molecule has 1 heterocycles. The number of Topliss-reactive ketones (excluding diaryl/α,β-unsaturated/α-hetero) is 1. The monoisotopic (exact) mass is 399 g/mol. The Morgan fingerprint density at radius 2 is 1.81 bits per heavy atom. The van der Waals surface area contributed by atoms with Crippen LogP contribution >= 0.6 is 22.6 Å². The van der Waals surface area contributed by atoms with E-state index >= 15 is 0 Å². The molecule has 2 rings (SSSR count). The molecule has 1 aliphatic heterocycles. The van der Waals surface area contributed by atoms with Crippen LogP contribution in [0.15, 0.2) is 33.9 Å². The molecule has 5 heteroatoms. The number of carbonyl (C=O) groups is 2. The van der Waals surface area contributed by atoms with Gasteiger partial charge in [-0.1, -0.05) is 30.3 Å². The van der Waals surface area contributed by atoms with E-state index in [1.807, 2.05) is 73.7 Å². The SMILES string of the molecule is C[C@H]1C(=O)C(I)=C(c2ccccc2)N1C(=O)OC(C)(C)C. The third-order valence-electron chi connectivity index (χ3n) is 3.07. The molecule has 1 atom stereocenters. The number of ketones is 1. The van der Waals surface area contributed by atoms with Crippen molar-refractivity contribution in [2.75, 3.05) is 0 Å². The van der Waals surface area contributed by atoms with E-state index in [4.69, 9.17) is 4.74 Å². The molecule has 4 nitrogen and oxygen atoms in total. The van der Waals surface area contributed by atoms with Crippen molar-refractivity contribution < 1.29 is 14.3 Å². The predicted molar refractivity (Wildman–Crippen MR) is 89.9 cm³/mol. The van der Waals surface area contributed by atoms with Gasteiger partial charge in [0, 0.05) is 0 Å². The van der Waals surface area contributed by atoms with Crippen LogP contribution in [0.3, 0.4) is 0 Å². The normalized spacial score (nSPS) is 19.2. The smallest absolute Gasteiger partial charge is 0.415 e. The van der Waals surface area contributed by atoms with Crippen LogP contribution in [0.1, 0.15) is 33.3 Å². The molecular formula is C16H18INO3. The van der Waals surface area contributed by atoms with E-state index in [-0.39, 0.29) is 5.78 Å². The molecule has 0 aliphatic carbocycles. The summed E-state index contributed by atoms with van der Waals surface area (Å²) in [6.45, 7) is 7.15. The average Bonchev–Trinajstić information content (AvgIpc) is 2.62. The van der Waals surface area contributed by atoms with Gasteiger partial charge in [0.1, 0.15) is 11.6 Å². The zero-order valence-corrected chi connectivity index (χ0v) is 14.7. The maximum Gasteiger partial charge on any atom is 0.415 e. The van der Waals surface area contributed by atoms with Crippen molar-refractivity contribution in [2.45, 2.75) is 39.3 Å². The molecule has 1 aromatic rings. The highest BCUT2D eigenvalue weighted by Crippen LogP contribution is 2.37. The fourth-order valence-corrected chi connectivity index (χ4v) is 3.16. The van der Waals surface area contributed by atoms with Gasteiger partial charge in [0.2, 0.25) is 0 Å². The Labute approximate surface area is 138 Å². The first-order chi connectivity index (χ1) is 9.72. The molecular weight excluding hydrogens is 381 g/mol. The first kappa shape index (κ1) is 16.0. The van der Waals surface area contributed by atoms with Crippen molar-refractivity contribution in [3.05, 3.63) is 39.5 Å². The first-order valence-corrected chi connectivity index (χ1v) is 7.82. The van der Waals surface area contributed by atoms with E-state index in [0.29, 0.717) is 9.28 Å². The van der Waals surface area contributed by atoms with E-state index in [1.54, 1.807) is 6.92 Å². The fourth-order valence-electron chi connectivity index (χ4n) is 2.14. The number of nitrogens with zero attached hydrogens (tertiary/aromatic N) is 1. The molecule has 0 unspecified atom stereocenters. The van der Waals surface area contributed by atoms with Crippen molar-refractivity contribution >= 4 is 40.2 Å². The summed E-state index contributed by atoms with van der Waals surface area (Å²) < 4.78 is 6.00. The third-order valence-corrected chi connectivity index (χ3v) is 4.11. The molecule has 0 radical (unpaired) electrons. The minimum Gasteiger partial charge on any atom is -0.443 e. The van der Waals surface area contributed by atoms with Crippen molar-refractivity contribution in [3.63, 3.8) is 0 Å². The molecule has 0 bridgehead atoms. The first-order valence-electron chi connectivity index (χ1n) is 6.74. The highest BCUT2D eigenvalue weighted by Gasteiger charge is 2.41. The number of hydrogen-bond acceptors (Lipinski definition) is 3. The van der Waals surface area contributed by atoms with Crippen molar-refractivity contribution in [1.29, 1.82) is 0 Å². The maximum atomic E-state index is 12.5. The van der Waals surface area contributed by atoms with Crippen LogP contribution < -0.4 is 0 Å². The Hall–Kier alpha value is -1.37. The second kappa shape index (κ2) is 5.79. The summed E-state index contributed by atoms with van der Waals surface area (Å²) in [6.07, 6.45) is -0.492. The fraction of sp³-hybridized carbons (Fsp3) is 0.375. The van der Waals surface area contributed by atoms with E-state index < -0.39 is 17.7 Å². The van der Waals surface area contributed by atoms with Gasteiger partial charge in [-0.15, -0.1) is 0 Å². The molecule has 1 aromatic carbocycles. The summed E-state index contributed by atoms with van der Waals surface area (Å²) in [5, 5.41) is 0. The second-order valence-corrected chi connectivity index (χ2v) is 7.00. The summed E-state index contributed by atoms with van der Waals surface area (Å²) in [7, 11) is 0. The van der Waals surface area contributed by atoms with Crippen molar-refractivity contribution in [1.82, 2.24) is 4.90 Å². The molecule has 0 aromatic heterocycles. The zero-order valence-electron chi connectivity index (χ0n) is 12.5. The highest BCUT2D eigenvalue weighted by atomic mass is 127. The van der Waals surface area contributed by atoms with Gasteiger partial charge in [0.15, 0.2) is 5.78 Å². The van der Waals surface area contributed by atoms with Crippen LogP contribution in [-0.2, 0) is 9.53 Å². The predicted octanol–water partition coefficient (Wildman–Crippen LogP) is 4.00. The Kier molecular flexibility index (Phi) is 4.41. The number of benzene rings is 1. The minimum absolute atomic E-state index is 0.0553. The van der Waals surface area contributed by atoms with Crippen LogP contribution in [0.2, 0.25) is 0 Å². The van der Waals surface area contributed by atoms with Gasteiger partial charge in [0.25, 0.3) is 0 Å². The van der Waals surface area contributed by atoms with Gasteiger partial charge in [-0.25, -0.2) is 4.79 Å². The second-order valence-electron chi connectivity index (χ2n) is 5.92. The van der Waals surface area contributed by atoms with Gasteiger partial charge in [-0.3, -0.25) is 9.69 Å². The third kappa shape index (κ3) is 3.28. The number of halogens is 1. The van der Waals surface area contributed by atoms with E-state index in [9.17, 15) is 9.59 Å². The number of hydrogen-bond donors (Lipinski definition) is 0. The topological polar surface area (TPSA) is 46.6 Å². The van der Waals surface area contributed by atoms with Gasteiger partial charge < -0.3 is 4.74 Å². The number of amides is 1. The Balaban J connectivity index is 2.44. The summed E-state index contributed by atoms with van der Waals surface area (Å²) in [5.74, 6) is -0.0553. The lowest BCUT2D eigenvalue weighted by molar-refractivity contribution is -0.117. The number of ether oxygens (including phenoxy) is 1. The zero-order chi connectivity index (χ0) is 15.8. The minimum atomic E-state index is -0.602. The molecule has 1 amide bonds. The Bertz CT molecular complexity index is 602. The van der Waals surface area contributed by atoms with Gasteiger partial charge >= 0.3 is 6.09 Å². The highest BCUT2D eigenvalue weighted by molar-refractivity contribution is 14.1. The van der Waals surface area contributed by atoms with Crippen LogP contribution in [0.4, 0.5) is 4.79 Å². The molecule has 0 saturated heterocycles. The van der Waals surface area contributed by atoms with Crippen LogP contribution in [0.5, 0.6) is 0 Å². The number of rotatable bonds is 1. The van der Waals surface area contributed by atoms with Crippen molar-refractivity contribution in [3.8, 4) is 0 Å². The number of carbonyl (C=O) groups excluding carboxylic acids is 2. The van der Waals surface area contributed by atoms with Crippen LogP contribution in [0.25, 0.3) is 5.70 Å². The van der Waals surface area contributed by atoms with E-state index in [0.717, 1.165) is 5.56 Å². The summed E-state index contributed by atoms with van der Waals surface area (Å²) in [6, 6.07) is 8.89. The Morgan fingerprint density at radius 3 is 2.33 bits per heavy atom. The molecule has 0 spiro atoms. The molecule has 112 valence electrons. The quantitative estimate of drug-likeness (QED) is 0.671. The lowest BCUT2D eigenvalue weighted by Crippen LogP contribution is -2.40. The maximum absolute atomic E-state index is 12.5. The van der Waals surface area contributed by atoms with Gasteiger partial charge in [0.05, 0.1) is 9.28 Å². The lowest BCUT2D eigenvalue weighted by Gasteiger charge is -2.28. The van der Waals surface area contributed by atoms with Crippen LogP contribution in [0, 0.1) is 0 Å². The molecule has 1 aliphatic rings. The van der Waals surface area contributed by atoms with E-state index in [2.05, 4.69) is 0 Å². The molecule has 0 saturated carbocycles. The average molecular weight is 399 g/mol. The molecule has 0 N–H and O–H groups in total. The standard InChI is InChI=1S/C16H18INO3/c1-10-14(19)12(17)13(11-8-6-5-7-9-11)18(10)15(20)21-16(2,3)4/h5-10H,1-4H3/t10-/m0/s1. The Morgan fingerprint density at radius 1 is 1.24 bits per heavy atom. The van der Waals surface area contributed by atoms with Gasteiger partial charge in [-0.05, 0) is 55.8 Å². The van der Waals surface area contributed by atoms with Crippen LogP contribution in [-0.4, -0.2) is 28.4 Å². The molecule has 0 fully saturated rings.